The standard InChI is InChI=1S/C6H15NO3S/c1-6(2,5-8)7-3-4-11(9)10/h7-8,11H,3-5H2,1-2H3. The van der Waals surface area contributed by atoms with E-state index in [9.17, 15) is 8.42 Å². The SMILES string of the molecule is CC(C)(CO)NCC[SH](=O)=O. The molecule has 0 fully saturated rings. The van der Waals surface area contributed by atoms with Gasteiger partial charge < -0.3 is 10.4 Å². The van der Waals surface area contributed by atoms with Gasteiger partial charge in [0.25, 0.3) is 0 Å². The van der Waals surface area contributed by atoms with Crippen molar-refractivity contribution in [2.75, 3.05) is 18.9 Å². The van der Waals surface area contributed by atoms with Crippen LogP contribution in [0.2, 0.25) is 0 Å². The first-order chi connectivity index (χ1) is 4.98. The van der Waals surface area contributed by atoms with Gasteiger partial charge in [-0.15, -0.1) is 0 Å². The van der Waals surface area contributed by atoms with Crippen LogP contribution < -0.4 is 5.32 Å². The molecule has 0 saturated heterocycles. The van der Waals surface area contributed by atoms with Crippen molar-refractivity contribution < 1.29 is 13.5 Å². The van der Waals surface area contributed by atoms with Crippen LogP contribution in [0, 0.1) is 0 Å². The zero-order valence-corrected chi connectivity index (χ0v) is 7.73. The molecular weight excluding hydrogens is 166 g/mol. The lowest BCUT2D eigenvalue weighted by atomic mass is 10.1. The average molecular weight is 181 g/mol. The van der Waals surface area contributed by atoms with Gasteiger partial charge in [-0.1, -0.05) is 0 Å². The largest absolute Gasteiger partial charge is 0.394 e. The molecule has 0 saturated carbocycles. The van der Waals surface area contributed by atoms with Crippen molar-refractivity contribution in [3.63, 3.8) is 0 Å². The monoisotopic (exact) mass is 181 g/mol. The second-order valence-corrected chi connectivity index (χ2v) is 4.14. The number of aliphatic hydroxyl groups is 1. The fourth-order valence-corrected chi connectivity index (χ4v) is 0.836. The van der Waals surface area contributed by atoms with Crippen LogP contribution in [0.4, 0.5) is 0 Å². The Morgan fingerprint density at radius 2 is 2.00 bits per heavy atom. The first-order valence-electron chi connectivity index (χ1n) is 3.45. The summed E-state index contributed by atoms with van der Waals surface area (Å²) in [5, 5.41) is 11.7. The van der Waals surface area contributed by atoms with Crippen molar-refractivity contribution in [1.29, 1.82) is 0 Å². The fraction of sp³-hybridized carbons (Fsp3) is 1.00. The van der Waals surface area contributed by atoms with Gasteiger partial charge in [0.15, 0.2) is 0 Å². The predicted molar refractivity (Wildman–Crippen MR) is 44.3 cm³/mol. The van der Waals surface area contributed by atoms with Crippen molar-refractivity contribution in [3.8, 4) is 0 Å². The molecule has 0 aliphatic heterocycles. The molecule has 0 unspecified atom stereocenters. The summed E-state index contributed by atoms with van der Waals surface area (Å²) in [6, 6.07) is 0. The summed E-state index contributed by atoms with van der Waals surface area (Å²) in [5.41, 5.74) is -0.384. The molecule has 0 atom stereocenters. The molecule has 0 amide bonds. The summed E-state index contributed by atoms with van der Waals surface area (Å²) in [4.78, 5) is 0. The highest BCUT2D eigenvalue weighted by Gasteiger charge is 2.13. The zero-order chi connectivity index (χ0) is 8.91. The van der Waals surface area contributed by atoms with Crippen LogP contribution in [-0.2, 0) is 10.7 Å². The van der Waals surface area contributed by atoms with E-state index in [1.807, 2.05) is 13.8 Å². The maximum absolute atomic E-state index is 10.1. The second kappa shape index (κ2) is 4.69. The third kappa shape index (κ3) is 6.28. The minimum atomic E-state index is -2.30. The summed E-state index contributed by atoms with van der Waals surface area (Å²) < 4.78 is 20.2. The Morgan fingerprint density at radius 3 is 2.36 bits per heavy atom. The molecule has 11 heavy (non-hydrogen) atoms. The summed E-state index contributed by atoms with van der Waals surface area (Å²) >= 11 is 0. The van der Waals surface area contributed by atoms with Crippen LogP contribution in [0.5, 0.6) is 0 Å². The third-order valence-electron chi connectivity index (χ3n) is 1.29. The van der Waals surface area contributed by atoms with Crippen LogP contribution in [0.3, 0.4) is 0 Å². The lowest BCUT2D eigenvalue weighted by molar-refractivity contribution is 0.191. The lowest BCUT2D eigenvalue weighted by Crippen LogP contribution is -2.44. The van der Waals surface area contributed by atoms with Crippen LogP contribution in [0.1, 0.15) is 13.8 Å². The van der Waals surface area contributed by atoms with Gasteiger partial charge in [-0.2, -0.15) is 0 Å². The first kappa shape index (κ1) is 10.9. The number of hydrogen-bond donors (Lipinski definition) is 3. The Kier molecular flexibility index (Phi) is 4.63. The van der Waals surface area contributed by atoms with Gasteiger partial charge in [0.2, 0.25) is 0 Å². The molecule has 0 aromatic rings. The van der Waals surface area contributed by atoms with Crippen LogP contribution >= 0.6 is 0 Å². The van der Waals surface area contributed by atoms with Gasteiger partial charge in [-0.25, -0.2) is 8.42 Å². The van der Waals surface area contributed by atoms with E-state index in [4.69, 9.17) is 5.11 Å². The molecule has 2 N–H and O–H groups in total. The van der Waals surface area contributed by atoms with Crippen LogP contribution in [-0.4, -0.2) is 38.0 Å². The summed E-state index contributed by atoms with van der Waals surface area (Å²) in [5.74, 6) is 0.124. The molecule has 0 aliphatic carbocycles. The van der Waals surface area contributed by atoms with Crippen LogP contribution in [0.25, 0.3) is 0 Å². The number of thiol groups is 1. The average Bonchev–Trinajstić information content (AvgIpc) is 1.87. The van der Waals surface area contributed by atoms with E-state index in [0.717, 1.165) is 0 Å². The van der Waals surface area contributed by atoms with Crippen LogP contribution in [0.15, 0.2) is 0 Å². The third-order valence-corrected chi connectivity index (χ3v) is 1.88. The maximum atomic E-state index is 10.1. The smallest absolute Gasteiger partial charge is 0.141 e. The van der Waals surface area contributed by atoms with E-state index in [1.165, 1.54) is 0 Å². The fourth-order valence-electron chi connectivity index (χ4n) is 0.541. The molecule has 0 bridgehead atoms. The number of hydrogen-bond acceptors (Lipinski definition) is 4. The molecule has 68 valence electrons. The number of aliphatic hydroxyl groups excluding tert-OH is 1. The Balaban J connectivity index is 3.53. The Morgan fingerprint density at radius 1 is 1.45 bits per heavy atom. The minimum absolute atomic E-state index is 0.00262. The second-order valence-electron chi connectivity index (χ2n) is 3.03. The molecule has 0 aromatic heterocycles. The topological polar surface area (TPSA) is 66.4 Å². The molecule has 0 aromatic carbocycles. The molecule has 4 nitrogen and oxygen atoms in total. The van der Waals surface area contributed by atoms with E-state index in [-0.39, 0.29) is 17.9 Å². The molecule has 0 heterocycles. The van der Waals surface area contributed by atoms with Gasteiger partial charge in [-0.3, -0.25) is 0 Å². The van der Waals surface area contributed by atoms with E-state index in [1.54, 1.807) is 0 Å². The summed E-state index contributed by atoms with van der Waals surface area (Å²) in [7, 11) is -2.30. The van der Waals surface area contributed by atoms with Crippen molar-refractivity contribution in [1.82, 2.24) is 5.32 Å². The van der Waals surface area contributed by atoms with Gasteiger partial charge in [0.05, 0.1) is 12.4 Å². The Labute approximate surface area is 68.6 Å². The molecule has 0 rings (SSSR count). The highest BCUT2D eigenvalue weighted by atomic mass is 32.2. The van der Waals surface area contributed by atoms with E-state index >= 15 is 0 Å². The van der Waals surface area contributed by atoms with Crippen molar-refractivity contribution in [3.05, 3.63) is 0 Å². The molecular formula is C6H15NO3S. The van der Waals surface area contributed by atoms with E-state index < -0.39 is 10.7 Å². The highest BCUT2D eigenvalue weighted by molar-refractivity contribution is 7.72. The maximum Gasteiger partial charge on any atom is 0.141 e. The van der Waals surface area contributed by atoms with Crippen molar-refractivity contribution in [2.24, 2.45) is 0 Å². The summed E-state index contributed by atoms with van der Waals surface area (Å²) in [6.07, 6.45) is 0. The Bertz CT molecular complexity index is 169. The number of rotatable bonds is 5. The Hall–Kier alpha value is -0.130. The van der Waals surface area contributed by atoms with Gasteiger partial charge in [0, 0.05) is 12.1 Å². The van der Waals surface area contributed by atoms with E-state index in [0.29, 0.717) is 6.54 Å². The molecule has 0 radical (unpaired) electrons. The first-order valence-corrected chi connectivity index (χ1v) is 4.82. The van der Waals surface area contributed by atoms with Gasteiger partial charge >= 0.3 is 0 Å². The number of nitrogens with one attached hydrogen (secondary N) is 1. The minimum Gasteiger partial charge on any atom is -0.394 e. The van der Waals surface area contributed by atoms with Gasteiger partial charge in [0.1, 0.15) is 10.7 Å². The quantitative estimate of drug-likeness (QED) is 0.474. The molecule has 5 heteroatoms. The highest BCUT2D eigenvalue weighted by Crippen LogP contribution is 1.97. The van der Waals surface area contributed by atoms with Crippen molar-refractivity contribution in [2.45, 2.75) is 19.4 Å². The van der Waals surface area contributed by atoms with Crippen molar-refractivity contribution >= 4 is 10.7 Å². The van der Waals surface area contributed by atoms with E-state index in [2.05, 4.69) is 5.32 Å². The normalized spacial score (nSPS) is 12.4. The molecule has 0 spiro atoms. The van der Waals surface area contributed by atoms with Gasteiger partial charge in [-0.05, 0) is 13.8 Å². The lowest BCUT2D eigenvalue weighted by Gasteiger charge is -2.22. The predicted octanol–water partition coefficient (Wildman–Crippen LogP) is -1.04. The summed E-state index contributed by atoms with van der Waals surface area (Å²) in [6.45, 7) is 4.02. The molecule has 0 aliphatic rings. The zero-order valence-electron chi connectivity index (χ0n) is 6.83.